The number of rotatable bonds is 6. The molecule has 0 bridgehead atoms. The van der Waals surface area contributed by atoms with Gasteiger partial charge in [0.25, 0.3) is 0 Å². The number of nitrogens with one attached hydrogen (secondary N) is 1. The van der Waals surface area contributed by atoms with Crippen LogP contribution in [0.4, 0.5) is 5.69 Å². The summed E-state index contributed by atoms with van der Waals surface area (Å²) in [7, 11) is 0. The van der Waals surface area contributed by atoms with Crippen LogP contribution in [-0.4, -0.2) is 29.1 Å². The third-order valence-corrected chi connectivity index (χ3v) is 3.14. The Labute approximate surface area is 110 Å². The van der Waals surface area contributed by atoms with Crippen LogP contribution in [-0.2, 0) is 0 Å². The molecule has 0 amide bonds. The van der Waals surface area contributed by atoms with Gasteiger partial charge >= 0.3 is 5.97 Å². The van der Waals surface area contributed by atoms with Gasteiger partial charge in [-0.3, -0.25) is 0 Å². The minimum absolute atomic E-state index is 0.183. The van der Waals surface area contributed by atoms with Gasteiger partial charge in [0, 0.05) is 12.3 Å². The first-order chi connectivity index (χ1) is 8.15. The second kappa shape index (κ2) is 7.10. The van der Waals surface area contributed by atoms with Crippen molar-refractivity contribution in [3.05, 3.63) is 28.8 Å². The van der Waals surface area contributed by atoms with E-state index in [0.717, 1.165) is 18.0 Å². The first-order valence-corrected chi connectivity index (χ1v) is 6.46. The van der Waals surface area contributed by atoms with Crippen molar-refractivity contribution in [2.24, 2.45) is 0 Å². The Kier molecular flexibility index (Phi) is 5.75. The summed E-state index contributed by atoms with van der Waals surface area (Å²) in [5, 5.41) is 12.3. The quantitative estimate of drug-likeness (QED) is 0.616. The number of carbonyl (C=O) groups is 1. The zero-order valence-electron chi connectivity index (χ0n) is 9.07. The van der Waals surface area contributed by atoms with Crippen molar-refractivity contribution >= 4 is 35.0 Å². The minimum Gasteiger partial charge on any atom is -0.478 e. The second-order valence-electron chi connectivity index (χ2n) is 3.18. The number of hydrogen-bond donors (Lipinski definition) is 2. The number of aromatic carboxylic acids is 1. The number of carboxylic acids is 1. The fourth-order valence-electron chi connectivity index (χ4n) is 1.18. The van der Waals surface area contributed by atoms with Crippen LogP contribution in [0.5, 0.6) is 0 Å². The maximum atomic E-state index is 10.7. The minimum atomic E-state index is -0.983. The normalized spacial score (nSPS) is 9.65. The molecular formula is C12H12ClNO2S. The highest BCUT2D eigenvalue weighted by atomic mass is 35.5. The predicted octanol–water partition coefficient (Wildman–Crippen LogP) is 2.82. The van der Waals surface area contributed by atoms with Crippen LogP contribution in [0.2, 0.25) is 5.02 Å². The number of anilines is 1. The van der Waals surface area contributed by atoms with Crippen LogP contribution in [0, 0.1) is 12.3 Å². The third-order valence-electron chi connectivity index (χ3n) is 1.96. The Bertz CT molecular complexity index is 443. The van der Waals surface area contributed by atoms with Crippen LogP contribution in [0.3, 0.4) is 0 Å². The summed E-state index contributed by atoms with van der Waals surface area (Å²) in [5.41, 5.74) is 0.917. The smallest absolute Gasteiger partial charge is 0.335 e. The molecule has 3 nitrogen and oxygen atoms in total. The molecule has 90 valence electrons. The van der Waals surface area contributed by atoms with Gasteiger partial charge in [-0.1, -0.05) is 17.5 Å². The van der Waals surface area contributed by atoms with E-state index in [9.17, 15) is 4.79 Å². The first kappa shape index (κ1) is 13.8. The van der Waals surface area contributed by atoms with Gasteiger partial charge < -0.3 is 10.4 Å². The second-order valence-corrected chi connectivity index (χ2v) is 4.70. The van der Waals surface area contributed by atoms with Gasteiger partial charge in [-0.15, -0.1) is 18.2 Å². The topological polar surface area (TPSA) is 49.3 Å². The monoisotopic (exact) mass is 269 g/mol. The fourth-order valence-corrected chi connectivity index (χ4v) is 1.94. The van der Waals surface area contributed by atoms with E-state index >= 15 is 0 Å². The lowest BCUT2D eigenvalue weighted by Crippen LogP contribution is -2.05. The zero-order chi connectivity index (χ0) is 12.7. The molecule has 0 radical (unpaired) electrons. The summed E-state index contributed by atoms with van der Waals surface area (Å²) in [6.45, 7) is 0.735. The Morgan fingerprint density at radius 1 is 1.59 bits per heavy atom. The molecule has 0 fully saturated rings. The number of thioether (sulfide) groups is 1. The van der Waals surface area contributed by atoms with E-state index in [4.69, 9.17) is 23.1 Å². The van der Waals surface area contributed by atoms with Crippen LogP contribution < -0.4 is 5.32 Å². The largest absolute Gasteiger partial charge is 0.478 e. The van der Waals surface area contributed by atoms with Crippen molar-refractivity contribution in [1.29, 1.82) is 0 Å². The van der Waals surface area contributed by atoms with Crippen LogP contribution in [0.1, 0.15) is 10.4 Å². The molecule has 1 aromatic carbocycles. The number of terminal acetylenes is 1. The molecule has 0 aliphatic heterocycles. The standard InChI is InChI=1S/C12H12ClNO2S/c1-2-6-17-7-5-14-11-4-3-9(12(15)16)8-10(11)13/h1,3-4,8,14H,5-7H2,(H,15,16). The van der Waals surface area contributed by atoms with Gasteiger partial charge in [0.2, 0.25) is 0 Å². The summed E-state index contributed by atoms with van der Waals surface area (Å²) < 4.78 is 0. The van der Waals surface area contributed by atoms with Gasteiger partial charge in [0.05, 0.1) is 22.0 Å². The molecule has 0 unspecified atom stereocenters. The lowest BCUT2D eigenvalue weighted by atomic mass is 10.2. The Hall–Kier alpha value is -1.31. The molecule has 5 heteroatoms. The van der Waals surface area contributed by atoms with Crippen LogP contribution in [0.25, 0.3) is 0 Å². The molecule has 2 N–H and O–H groups in total. The van der Waals surface area contributed by atoms with Crippen molar-refractivity contribution in [3.63, 3.8) is 0 Å². The van der Waals surface area contributed by atoms with E-state index in [-0.39, 0.29) is 5.56 Å². The van der Waals surface area contributed by atoms with Gasteiger partial charge in [0.15, 0.2) is 0 Å². The zero-order valence-corrected chi connectivity index (χ0v) is 10.6. The molecule has 17 heavy (non-hydrogen) atoms. The molecule has 0 atom stereocenters. The Morgan fingerprint density at radius 3 is 2.94 bits per heavy atom. The highest BCUT2D eigenvalue weighted by Gasteiger charge is 2.06. The van der Waals surface area contributed by atoms with E-state index in [1.807, 2.05) is 0 Å². The van der Waals surface area contributed by atoms with Crippen molar-refractivity contribution in [2.45, 2.75) is 0 Å². The fraction of sp³-hybridized carbons (Fsp3) is 0.250. The lowest BCUT2D eigenvalue weighted by molar-refractivity contribution is 0.0697. The molecule has 0 spiro atoms. The van der Waals surface area contributed by atoms with Crippen molar-refractivity contribution in [1.82, 2.24) is 0 Å². The maximum Gasteiger partial charge on any atom is 0.335 e. The van der Waals surface area contributed by atoms with Gasteiger partial charge in [0.1, 0.15) is 0 Å². The van der Waals surface area contributed by atoms with Crippen molar-refractivity contribution < 1.29 is 9.90 Å². The average Bonchev–Trinajstić information content (AvgIpc) is 2.30. The molecule has 1 aromatic rings. The number of benzene rings is 1. The Balaban J connectivity index is 2.50. The lowest BCUT2D eigenvalue weighted by Gasteiger charge is -2.08. The van der Waals surface area contributed by atoms with Crippen molar-refractivity contribution in [2.75, 3.05) is 23.4 Å². The first-order valence-electron chi connectivity index (χ1n) is 4.93. The molecule has 0 saturated heterocycles. The molecule has 0 aliphatic carbocycles. The van der Waals surface area contributed by atoms with Gasteiger partial charge in [-0.05, 0) is 18.2 Å². The Morgan fingerprint density at radius 2 is 2.35 bits per heavy atom. The number of halogens is 1. The molecular weight excluding hydrogens is 258 g/mol. The summed E-state index contributed by atoms with van der Waals surface area (Å²) in [5.74, 6) is 3.12. The highest BCUT2D eigenvalue weighted by molar-refractivity contribution is 7.99. The summed E-state index contributed by atoms with van der Waals surface area (Å²) >= 11 is 7.60. The molecule has 0 heterocycles. The number of carboxylic acid groups (broad SMARTS) is 1. The average molecular weight is 270 g/mol. The van der Waals surface area contributed by atoms with Crippen LogP contribution >= 0.6 is 23.4 Å². The van der Waals surface area contributed by atoms with E-state index in [0.29, 0.717) is 10.8 Å². The molecule has 1 rings (SSSR count). The van der Waals surface area contributed by atoms with E-state index in [1.165, 1.54) is 12.1 Å². The maximum absolute atomic E-state index is 10.7. The SMILES string of the molecule is C#CCSCCNc1ccc(C(=O)O)cc1Cl. The van der Waals surface area contributed by atoms with Crippen LogP contribution in [0.15, 0.2) is 18.2 Å². The van der Waals surface area contributed by atoms with E-state index in [1.54, 1.807) is 17.8 Å². The summed E-state index contributed by atoms with van der Waals surface area (Å²) in [6.07, 6.45) is 5.12. The molecule has 0 aromatic heterocycles. The van der Waals surface area contributed by atoms with Crippen molar-refractivity contribution in [3.8, 4) is 12.3 Å². The highest BCUT2D eigenvalue weighted by Crippen LogP contribution is 2.23. The van der Waals surface area contributed by atoms with E-state index < -0.39 is 5.97 Å². The number of hydrogen-bond acceptors (Lipinski definition) is 3. The summed E-state index contributed by atoms with van der Waals surface area (Å²) in [4.78, 5) is 10.7. The van der Waals surface area contributed by atoms with E-state index in [2.05, 4.69) is 11.2 Å². The third kappa shape index (κ3) is 4.59. The summed E-state index contributed by atoms with van der Waals surface area (Å²) in [6, 6.07) is 4.61. The molecule has 0 saturated carbocycles. The van der Waals surface area contributed by atoms with Gasteiger partial charge in [-0.2, -0.15) is 0 Å². The van der Waals surface area contributed by atoms with Gasteiger partial charge in [-0.25, -0.2) is 4.79 Å². The molecule has 0 aliphatic rings. The predicted molar refractivity (Wildman–Crippen MR) is 73.1 cm³/mol.